The maximum atomic E-state index is 8.65. The molecule has 2 nitrogen and oxygen atoms in total. The quantitative estimate of drug-likeness (QED) is 0.830. The fourth-order valence-corrected chi connectivity index (χ4v) is 2.87. The third kappa shape index (κ3) is 2.40. The first kappa shape index (κ1) is 9.44. The van der Waals surface area contributed by atoms with Crippen LogP contribution >= 0.6 is 33.9 Å². The third-order valence-electron chi connectivity index (χ3n) is 1.42. The van der Waals surface area contributed by atoms with Crippen molar-refractivity contribution in [3.8, 4) is 0 Å². The van der Waals surface area contributed by atoms with E-state index < -0.39 is 0 Å². The Kier molecular flexibility index (Phi) is 3.77. The van der Waals surface area contributed by atoms with Gasteiger partial charge in [0.15, 0.2) is 0 Å². The van der Waals surface area contributed by atoms with Gasteiger partial charge in [0.1, 0.15) is 0 Å². The van der Waals surface area contributed by atoms with E-state index in [4.69, 9.17) is 10.8 Å². The summed E-state index contributed by atoms with van der Waals surface area (Å²) in [4.78, 5) is 1.18. The fourth-order valence-electron chi connectivity index (χ4n) is 0.840. The Bertz CT molecular complexity index is 226. The summed E-state index contributed by atoms with van der Waals surface area (Å²) in [6.45, 7) is 0.162. The summed E-state index contributed by atoms with van der Waals surface area (Å²) in [5.74, 6) is 0. The van der Waals surface area contributed by atoms with Gasteiger partial charge in [-0.25, -0.2) is 0 Å². The van der Waals surface area contributed by atoms with Gasteiger partial charge < -0.3 is 10.8 Å². The van der Waals surface area contributed by atoms with Crippen LogP contribution in [0.2, 0.25) is 0 Å². The largest absolute Gasteiger partial charge is 0.396 e. The number of nitrogens with two attached hydrogens (primary N) is 1. The Hall–Kier alpha value is 0.350. The van der Waals surface area contributed by atoms with E-state index in [0.717, 1.165) is 0 Å². The molecule has 0 aromatic carbocycles. The van der Waals surface area contributed by atoms with Crippen molar-refractivity contribution < 1.29 is 5.11 Å². The molecule has 0 unspecified atom stereocenters. The van der Waals surface area contributed by atoms with Gasteiger partial charge in [0, 0.05) is 21.1 Å². The van der Waals surface area contributed by atoms with Crippen LogP contribution in [0.5, 0.6) is 0 Å². The molecule has 0 aliphatic carbocycles. The highest BCUT2D eigenvalue weighted by atomic mass is 127. The predicted molar refractivity (Wildman–Crippen MR) is 55.7 cm³/mol. The number of aliphatic hydroxyl groups excluding tert-OH is 1. The standard InChI is InChI=1S/C7H10INOS/c8-5-2-4-11-7(5)6(9)1-3-10/h2,4,6,10H,1,3,9H2/t6-/m1/s1. The smallest absolute Gasteiger partial charge is 0.0449 e. The van der Waals surface area contributed by atoms with Crippen LogP contribution in [-0.2, 0) is 0 Å². The first-order valence-electron chi connectivity index (χ1n) is 3.35. The topological polar surface area (TPSA) is 46.2 Å². The number of hydrogen-bond acceptors (Lipinski definition) is 3. The molecule has 1 atom stereocenters. The van der Waals surface area contributed by atoms with E-state index in [1.807, 2.05) is 11.4 Å². The highest BCUT2D eigenvalue weighted by Gasteiger charge is 2.09. The highest BCUT2D eigenvalue weighted by molar-refractivity contribution is 14.1. The normalized spacial score (nSPS) is 13.4. The summed E-state index contributed by atoms with van der Waals surface area (Å²) in [6, 6.07) is 2.05. The van der Waals surface area contributed by atoms with Gasteiger partial charge in [-0.05, 0) is 40.5 Å². The SMILES string of the molecule is N[C@H](CCO)c1sccc1I. The van der Waals surface area contributed by atoms with Gasteiger partial charge in [0.25, 0.3) is 0 Å². The summed E-state index contributed by atoms with van der Waals surface area (Å²) in [5.41, 5.74) is 5.80. The van der Waals surface area contributed by atoms with Gasteiger partial charge in [-0.3, -0.25) is 0 Å². The summed E-state index contributed by atoms with van der Waals surface area (Å²) < 4.78 is 1.20. The number of aliphatic hydroxyl groups is 1. The van der Waals surface area contributed by atoms with Crippen molar-refractivity contribution in [2.24, 2.45) is 5.73 Å². The first-order valence-corrected chi connectivity index (χ1v) is 5.31. The molecule has 0 radical (unpaired) electrons. The molecule has 4 heteroatoms. The Morgan fingerprint density at radius 1 is 1.73 bits per heavy atom. The van der Waals surface area contributed by atoms with Crippen molar-refractivity contribution in [3.05, 3.63) is 19.9 Å². The van der Waals surface area contributed by atoms with E-state index in [1.165, 1.54) is 8.45 Å². The molecule has 0 saturated heterocycles. The van der Waals surface area contributed by atoms with Gasteiger partial charge in [0.05, 0.1) is 0 Å². The van der Waals surface area contributed by atoms with Crippen molar-refractivity contribution in [3.63, 3.8) is 0 Å². The lowest BCUT2D eigenvalue weighted by molar-refractivity contribution is 0.277. The second-order valence-corrected chi connectivity index (χ2v) is 4.36. The average molecular weight is 283 g/mol. The zero-order chi connectivity index (χ0) is 8.27. The van der Waals surface area contributed by atoms with Gasteiger partial charge in [-0.15, -0.1) is 11.3 Å². The van der Waals surface area contributed by atoms with Crippen molar-refractivity contribution in [1.29, 1.82) is 0 Å². The maximum Gasteiger partial charge on any atom is 0.0449 e. The molecule has 62 valence electrons. The molecule has 0 spiro atoms. The lowest BCUT2D eigenvalue weighted by atomic mass is 10.2. The minimum absolute atomic E-state index is 0.00639. The summed E-state index contributed by atoms with van der Waals surface area (Å²) in [7, 11) is 0. The van der Waals surface area contributed by atoms with E-state index in [2.05, 4.69) is 22.6 Å². The highest BCUT2D eigenvalue weighted by Crippen LogP contribution is 2.25. The Labute approximate surface area is 83.6 Å². The number of thiophene rings is 1. The Balaban J connectivity index is 2.67. The molecule has 0 amide bonds. The van der Waals surface area contributed by atoms with E-state index in [9.17, 15) is 0 Å². The lowest BCUT2D eigenvalue weighted by Crippen LogP contribution is -2.11. The van der Waals surface area contributed by atoms with Crippen LogP contribution in [0.1, 0.15) is 17.3 Å². The monoisotopic (exact) mass is 283 g/mol. The molecule has 1 aromatic rings. The molecule has 0 aliphatic rings. The zero-order valence-corrected chi connectivity index (χ0v) is 8.93. The molecule has 0 fully saturated rings. The molecule has 11 heavy (non-hydrogen) atoms. The second kappa shape index (κ2) is 4.39. The summed E-state index contributed by atoms with van der Waals surface area (Å²) in [6.07, 6.45) is 0.649. The molecule has 0 saturated carbocycles. The number of hydrogen-bond donors (Lipinski definition) is 2. The van der Waals surface area contributed by atoms with Crippen LogP contribution in [0.25, 0.3) is 0 Å². The van der Waals surface area contributed by atoms with Crippen LogP contribution in [0.4, 0.5) is 0 Å². The van der Waals surface area contributed by atoms with E-state index in [0.29, 0.717) is 6.42 Å². The molecular weight excluding hydrogens is 273 g/mol. The minimum atomic E-state index is 0.00639. The van der Waals surface area contributed by atoms with Crippen LogP contribution < -0.4 is 5.73 Å². The summed E-state index contributed by atoms with van der Waals surface area (Å²) >= 11 is 3.91. The van der Waals surface area contributed by atoms with E-state index in [1.54, 1.807) is 11.3 Å². The Morgan fingerprint density at radius 2 is 2.45 bits per heavy atom. The molecule has 1 heterocycles. The maximum absolute atomic E-state index is 8.65. The third-order valence-corrected chi connectivity index (χ3v) is 3.78. The van der Waals surface area contributed by atoms with Gasteiger partial charge >= 0.3 is 0 Å². The molecule has 3 N–H and O–H groups in total. The molecule has 0 bridgehead atoms. The van der Waals surface area contributed by atoms with E-state index >= 15 is 0 Å². The molecule has 0 aliphatic heterocycles. The predicted octanol–water partition coefficient (Wildman–Crippen LogP) is 1.73. The molecular formula is C7H10INOS. The van der Waals surface area contributed by atoms with E-state index in [-0.39, 0.29) is 12.6 Å². The van der Waals surface area contributed by atoms with Crippen LogP contribution in [0, 0.1) is 3.57 Å². The zero-order valence-electron chi connectivity index (χ0n) is 5.96. The second-order valence-electron chi connectivity index (χ2n) is 2.25. The van der Waals surface area contributed by atoms with Gasteiger partial charge in [-0.2, -0.15) is 0 Å². The van der Waals surface area contributed by atoms with Crippen LogP contribution in [0.15, 0.2) is 11.4 Å². The van der Waals surface area contributed by atoms with Gasteiger partial charge in [-0.1, -0.05) is 0 Å². The minimum Gasteiger partial charge on any atom is -0.396 e. The lowest BCUT2D eigenvalue weighted by Gasteiger charge is -2.07. The van der Waals surface area contributed by atoms with Crippen molar-refractivity contribution in [2.45, 2.75) is 12.5 Å². The van der Waals surface area contributed by atoms with Crippen molar-refractivity contribution in [2.75, 3.05) is 6.61 Å². The Morgan fingerprint density at radius 3 is 2.91 bits per heavy atom. The molecule has 1 aromatic heterocycles. The van der Waals surface area contributed by atoms with Crippen molar-refractivity contribution >= 4 is 33.9 Å². The van der Waals surface area contributed by atoms with Crippen molar-refractivity contribution in [1.82, 2.24) is 0 Å². The fraction of sp³-hybridized carbons (Fsp3) is 0.429. The average Bonchev–Trinajstić information content (AvgIpc) is 2.36. The van der Waals surface area contributed by atoms with Gasteiger partial charge in [0.2, 0.25) is 0 Å². The molecule has 1 rings (SSSR count). The van der Waals surface area contributed by atoms with Crippen LogP contribution in [0.3, 0.4) is 0 Å². The summed E-state index contributed by atoms with van der Waals surface area (Å²) in [5, 5.41) is 10.7. The number of halogens is 1. The first-order chi connectivity index (χ1) is 5.25. The number of rotatable bonds is 3. The van der Waals surface area contributed by atoms with Crippen LogP contribution in [-0.4, -0.2) is 11.7 Å².